The largest absolute Gasteiger partial charge is 0.368 e. The van der Waals surface area contributed by atoms with E-state index in [1.807, 2.05) is 23.1 Å². The molecule has 0 aliphatic carbocycles. The van der Waals surface area contributed by atoms with Crippen molar-refractivity contribution in [3.63, 3.8) is 0 Å². The molecule has 4 rings (SSSR count). The maximum Gasteiger partial charge on any atom is 0.271 e. The summed E-state index contributed by atoms with van der Waals surface area (Å²) in [4.78, 5) is 34.7. The Balaban J connectivity index is 1.32. The van der Waals surface area contributed by atoms with Gasteiger partial charge in [-0.1, -0.05) is 18.2 Å². The van der Waals surface area contributed by atoms with Gasteiger partial charge in [-0.05, 0) is 18.2 Å². The van der Waals surface area contributed by atoms with Crippen molar-refractivity contribution in [1.82, 2.24) is 14.9 Å². The van der Waals surface area contributed by atoms with Gasteiger partial charge in [-0.2, -0.15) is 0 Å². The summed E-state index contributed by atoms with van der Waals surface area (Å²) in [6.07, 6.45) is 0.855. The number of piperazine rings is 1. The molecule has 1 aliphatic rings. The summed E-state index contributed by atoms with van der Waals surface area (Å²) < 4.78 is 0. The van der Waals surface area contributed by atoms with Gasteiger partial charge in [0.05, 0.1) is 16.0 Å². The summed E-state index contributed by atoms with van der Waals surface area (Å²) in [6.45, 7) is 3.06. The minimum absolute atomic E-state index is 0.0232. The normalized spacial score (nSPS) is 14.4. The van der Waals surface area contributed by atoms with Gasteiger partial charge in [0.1, 0.15) is 5.82 Å². The zero-order valence-electron chi connectivity index (χ0n) is 15.4. The number of nitro benzene ring substituents is 1. The van der Waals surface area contributed by atoms with E-state index in [2.05, 4.69) is 27.0 Å². The Labute approximate surface area is 161 Å². The third-order valence-electron chi connectivity index (χ3n) is 5.05. The molecule has 0 atom stereocenters. The molecule has 0 unspecified atom stereocenters. The first-order valence-electron chi connectivity index (χ1n) is 9.31. The van der Waals surface area contributed by atoms with Gasteiger partial charge in [0.2, 0.25) is 5.91 Å². The van der Waals surface area contributed by atoms with Gasteiger partial charge in [0.15, 0.2) is 0 Å². The van der Waals surface area contributed by atoms with Crippen LogP contribution in [0.1, 0.15) is 12.2 Å². The maximum absolute atomic E-state index is 12.5. The molecule has 0 spiro atoms. The lowest BCUT2D eigenvalue weighted by atomic mass is 10.2. The van der Waals surface area contributed by atoms with Gasteiger partial charge in [-0.3, -0.25) is 14.9 Å². The fraction of sp³-hybridized carbons (Fsp3) is 0.300. The summed E-state index contributed by atoms with van der Waals surface area (Å²) >= 11 is 0. The zero-order chi connectivity index (χ0) is 19.5. The van der Waals surface area contributed by atoms with Crippen LogP contribution in [-0.4, -0.2) is 51.9 Å². The highest BCUT2D eigenvalue weighted by atomic mass is 16.6. The molecule has 1 aliphatic heterocycles. The van der Waals surface area contributed by atoms with Crippen LogP contribution in [0.3, 0.4) is 0 Å². The Morgan fingerprint density at radius 3 is 2.57 bits per heavy atom. The van der Waals surface area contributed by atoms with Crippen molar-refractivity contribution in [2.45, 2.75) is 12.8 Å². The van der Waals surface area contributed by atoms with Gasteiger partial charge in [0, 0.05) is 56.8 Å². The number of amides is 1. The van der Waals surface area contributed by atoms with Crippen LogP contribution in [0.2, 0.25) is 0 Å². The number of imidazole rings is 1. The highest BCUT2D eigenvalue weighted by molar-refractivity contribution is 5.79. The molecule has 0 bridgehead atoms. The minimum Gasteiger partial charge on any atom is -0.368 e. The number of hydrogen-bond donors (Lipinski definition) is 1. The van der Waals surface area contributed by atoms with E-state index in [1.54, 1.807) is 6.07 Å². The molecule has 8 nitrogen and oxygen atoms in total. The van der Waals surface area contributed by atoms with E-state index in [-0.39, 0.29) is 11.6 Å². The number of nitro groups is 1. The molecule has 2 aromatic carbocycles. The molecule has 1 N–H and O–H groups in total. The van der Waals surface area contributed by atoms with Gasteiger partial charge in [-0.25, -0.2) is 4.98 Å². The van der Waals surface area contributed by atoms with Crippen LogP contribution >= 0.6 is 0 Å². The number of aromatic amines is 1. The Morgan fingerprint density at radius 2 is 1.86 bits per heavy atom. The monoisotopic (exact) mass is 379 g/mol. The van der Waals surface area contributed by atoms with Crippen molar-refractivity contribution < 1.29 is 9.72 Å². The zero-order valence-corrected chi connectivity index (χ0v) is 15.4. The van der Waals surface area contributed by atoms with Crippen LogP contribution in [0.25, 0.3) is 11.0 Å². The second-order valence-corrected chi connectivity index (χ2v) is 6.85. The minimum atomic E-state index is -0.432. The quantitative estimate of drug-likeness (QED) is 0.543. The third kappa shape index (κ3) is 3.80. The van der Waals surface area contributed by atoms with Crippen LogP contribution in [-0.2, 0) is 11.2 Å². The van der Waals surface area contributed by atoms with Gasteiger partial charge >= 0.3 is 0 Å². The molecule has 1 aromatic heterocycles. The van der Waals surface area contributed by atoms with Crippen LogP contribution in [0.4, 0.5) is 11.4 Å². The summed E-state index contributed by atoms with van der Waals surface area (Å²) in [5.41, 5.74) is 2.50. The number of aryl methyl sites for hydroxylation is 1. The topological polar surface area (TPSA) is 95.4 Å². The second-order valence-electron chi connectivity index (χ2n) is 6.85. The van der Waals surface area contributed by atoms with E-state index in [9.17, 15) is 14.9 Å². The average molecular weight is 379 g/mol. The number of nitrogens with zero attached hydrogens (tertiary/aromatic N) is 4. The lowest BCUT2D eigenvalue weighted by Crippen LogP contribution is -2.48. The van der Waals surface area contributed by atoms with E-state index in [4.69, 9.17) is 0 Å². The molecule has 1 fully saturated rings. The lowest BCUT2D eigenvalue weighted by molar-refractivity contribution is -0.384. The van der Waals surface area contributed by atoms with Crippen molar-refractivity contribution in [2.24, 2.45) is 0 Å². The summed E-state index contributed by atoms with van der Waals surface area (Å²) in [7, 11) is 0. The number of para-hydroxylation sites is 1. The highest BCUT2D eigenvalue weighted by Gasteiger charge is 2.21. The second kappa shape index (κ2) is 7.67. The Bertz CT molecular complexity index is 994. The van der Waals surface area contributed by atoms with Crippen LogP contribution in [0, 0.1) is 10.1 Å². The first-order chi connectivity index (χ1) is 13.6. The number of anilines is 1. The molecule has 8 heteroatoms. The molecular formula is C20H21N5O3. The van der Waals surface area contributed by atoms with Crippen LogP contribution < -0.4 is 4.90 Å². The number of carbonyl (C=O) groups excluding carboxylic acids is 1. The van der Waals surface area contributed by atoms with E-state index in [0.717, 1.165) is 13.1 Å². The number of fused-ring (bicyclic) bond motifs is 1. The Kier molecular flexibility index (Phi) is 4.92. The Hall–Kier alpha value is -3.42. The molecule has 144 valence electrons. The standard InChI is InChI=1S/C20H21N5O3/c26-20(24-12-10-23(11-13-24)15-4-2-1-3-5-15)9-8-19-21-17-7-6-16(25(27)28)14-18(17)22-19/h1-7,14H,8-13H2,(H,21,22). The number of aromatic nitrogens is 2. The SMILES string of the molecule is O=C(CCc1nc2ccc([N+](=O)[O-])cc2[nH]1)N1CCN(c2ccccc2)CC1. The smallest absolute Gasteiger partial charge is 0.271 e. The highest BCUT2D eigenvalue weighted by Crippen LogP contribution is 2.20. The number of nitrogens with one attached hydrogen (secondary N) is 1. The van der Waals surface area contributed by atoms with Crippen molar-refractivity contribution >= 4 is 28.3 Å². The van der Waals surface area contributed by atoms with E-state index >= 15 is 0 Å². The maximum atomic E-state index is 12.5. The molecule has 28 heavy (non-hydrogen) atoms. The van der Waals surface area contributed by atoms with Crippen LogP contribution in [0.15, 0.2) is 48.5 Å². The Morgan fingerprint density at radius 1 is 1.11 bits per heavy atom. The average Bonchev–Trinajstić information content (AvgIpc) is 3.15. The molecule has 1 saturated heterocycles. The predicted molar refractivity (Wildman–Crippen MR) is 106 cm³/mol. The van der Waals surface area contributed by atoms with Crippen molar-refractivity contribution in [1.29, 1.82) is 0 Å². The number of benzene rings is 2. The summed E-state index contributed by atoms with van der Waals surface area (Å²) in [5.74, 6) is 0.783. The van der Waals surface area contributed by atoms with Gasteiger partial charge < -0.3 is 14.8 Å². The number of hydrogen-bond acceptors (Lipinski definition) is 5. The van der Waals surface area contributed by atoms with Crippen molar-refractivity contribution in [3.05, 3.63) is 64.5 Å². The summed E-state index contributed by atoms with van der Waals surface area (Å²) in [6, 6.07) is 14.7. The van der Waals surface area contributed by atoms with E-state index in [0.29, 0.717) is 42.8 Å². The fourth-order valence-corrected chi connectivity index (χ4v) is 3.52. The number of H-pyrrole nitrogens is 1. The molecule has 1 amide bonds. The van der Waals surface area contributed by atoms with Crippen molar-refractivity contribution in [2.75, 3.05) is 31.1 Å². The van der Waals surface area contributed by atoms with Crippen molar-refractivity contribution in [3.8, 4) is 0 Å². The third-order valence-corrected chi connectivity index (χ3v) is 5.05. The van der Waals surface area contributed by atoms with Crippen LogP contribution in [0.5, 0.6) is 0 Å². The number of rotatable bonds is 5. The van der Waals surface area contributed by atoms with Gasteiger partial charge in [0.25, 0.3) is 5.69 Å². The van der Waals surface area contributed by atoms with E-state index in [1.165, 1.54) is 17.8 Å². The first-order valence-corrected chi connectivity index (χ1v) is 9.31. The van der Waals surface area contributed by atoms with E-state index < -0.39 is 4.92 Å². The summed E-state index contributed by atoms with van der Waals surface area (Å²) in [5, 5.41) is 10.9. The number of non-ortho nitro benzene ring substituents is 1. The molecule has 0 saturated carbocycles. The molecular weight excluding hydrogens is 358 g/mol. The van der Waals surface area contributed by atoms with Gasteiger partial charge in [-0.15, -0.1) is 0 Å². The molecule has 3 aromatic rings. The lowest BCUT2D eigenvalue weighted by Gasteiger charge is -2.36. The molecule has 0 radical (unpaired) electrons. The predicted octanol–water partition coefficient (Wildman–Crippen LogP) is 2.75. The number of carbonyl (C=O) groups is 1. The molecule has 2 heterocycles. The fourth-order valence-electron chi connectivity index (χ4n) is 3.52. The first kappa shape index (κ1) is 18.0.